The van der Waals surface area contributed by atoms with Gasteiger partial charge < -0.3 is 9.32 Å². The summed E-state index contributed by atoms with van der Waals surface area (Å²) < 4.78 is 6.95. The summed E-state index contributed by atoms with van der Waals surface area (Å²) in [4.78, 5) is 14.4. The van der Waals surface area contributed by atoms with E-state index in [-0.39, 0.29) is 5.91 Å². The third-order valence-corrected chi connectivity index (χ3v) is 3.15. The van der Waals surface area contributed by atoms with Gasteiger partial charge in [0.1, 0.15) is 11.4 Å². The van der Waals surface area contributed by atoms with E-state index < -0.39 is 0 Å². The first-order valence-electron chi connectivity index (χ1n) is 7.04. The summed E-state index contributed by atoms with van der Waals surface area (Å²) in [5, 5.41) is 4.35. The Balaban J connectivity index is 2.25. The highest BCUT2D eigenvalue weighted by Gasteiger charge is 2.20. The van der Waals surface area contributed by atoms with Crippen molar-refractivity contribution < 1.29 is 9.21 Å². The second kappa shape index (κ2) is 6.41. The zero-order valence-corrected chi connectivity index (χ0v) is 12.3. The van der Waals surface area contributed by atoms with Crippen LogP contribution in [0, 0.1) is 0 Å². The molecule has 0 aliphatic rings. The lowest BCUT2D eigenvalue weighted by Crippen LogP contribution is -2.33. The number of aromatic nitrogens is 2. The van der Waals surface area contributed by atoms with Crippen LogP contribution in [0.1, 0.15) is 37.2 Å². The molecule has 0 aliphatic heterocycles. The van der Waals surface area contributed by atoms with Gasteiger partial charge in [0.15, 0.2) is 5.76 Å². The second-order valence-electron chi connectivity index (χ2n) is 4.81. The SMILES string of the molecule is CCCN(CCC)C(=O)c1cc(-c2ccco2)nn1C. The average molecular weight is 275 g/mol. The minimum Gasteiger partial charge on any atom is -0.463 e. The standard InChI is InChI=1S/C15H21N3O2/c1-4-8-18(9-5-2)15(19)13-11-12(16-17(13)3)14-7-6-10-20-14/h6-7,10-11H,4-5,8-9H2,1-3H3. The molecule has 0 bridgehead atoms. The van der Waals surface area contributed by atoms with Crippen molar-refractivity contribution in [1.29, 1.82) is 0 Å². The normalized spacial score (nSPS) is 10.8. The van der Waals surface area contributed by atoms with Crippen molar-refractivity contribution in [3.05, 3.63) is 30.2 Å². The number of nitrogens with zero attached hydrogens (tertiary/aromatic N) is 3. The van der Waals surface area contributed by atoms with E-state index in [1.807, 2.05) is 17.0 Å². The molecule has 108 valence electrons. The molecular weight excluding hydrogens is 254 g/mol. The van der Waals surface area contributed by atoms with Gasteiger partial charge in [0.25, 0.3) is 5.91 Å². The van der Waals surface area contributed by atoms with Crippen LogP contribution in [-0.2, 0) is 7.05 Å². The summed E-state index contributed by atoms with van der Waals surface area (Å²) in [6, 6.07) is 5.44. The lowest BCUT2D eigenvalue weighted by atomic mass is 10.2. The number of rotatable bonds is 6. The Morgan fingerprint density at radius 1 is 1.35 bits per heavy atom. The summed E-state index contributed by atoms with van der Waals surface area (Å²) >= 11 is 0. The molecule has 0 fully saturated rings. The van der Waals surface area contributed by atoms with Crippen LogP contribution in [0.2, 0.25) is 0 Å². The maximum absolute atomic E-state index is 12.6. The molecule has 0 radical (unpaired) electrons. The van der Waals surface area contributed by atoms with E-state index in [0.29, 0.717) is 17.1 Å². The maximum Gasteiger partial charge on any atom is 0.272 e. The summed E-state index contributed by atoms with van der Waals surface area (Å²) in [6.45, 7) is 5.70. The Morgan fingerprint density at radius 2 is 2.05 bits per heavy atom. The Labute approximate surface area is 119 Å². The van der Waals surface area contributed by atoms with Crippen LogP contribution in [0.3, 0.4) is 0 Å². The molecule has 2 rings (SSSR count). The number of hydrogen-bond donors (Lipinski definition) is 0. The van der Waals surface area contributed by atoms with Crippen molar-refractivity contribution in [3.8, 4) is 11.5 Å². The molecule has 1 amide bonds. The average Bonchev–Trinajstić information content (AvgIpc) is 3.06. The van der Waals surface area contributed by atoms with E-state index in [1.165, 1.54) is 0 Å². The monoisotopic (exact) mass is 275 g/mol. The van der Waals surface area contributed by atoms with Crippen LogP contribution in [0.5, 0.6) is 0 Å². The highest BCUT2D eigenvalue weighted by molar-refractivity contribution is 5.93. The summed E-state index contributed by atoms with van der Waals surface area (Å²) in [7, 11) is 1.79. The first kappa shape index (κ1) is 14.4. The summed E-state index contributed by atoms with van der Waals surface area (Å²) in [6.07, 6.45) is 3.51. The molecule has 20 heavy (non-hydrogen) atoms. The fourth-order valence-corrected chi connectivity index (χ4v) is 2.23. The largest absolute Gasteiger partial charge is 0.463 e. The minimum atomic E-state index is 0.0292. The Bertz CT molecular complexity index is 552. The number of furan rings is 1. The first-order chi connectivity index (χ1) is 9.67. The molecule has 0 saturated carbocycles. The van der Waals surface area contributed by atoms with Crippen LogP contribution < -0.4 is 0 Å². The predicted octanol–water partition coefficient (Wildman–Crippen LogP) is 2.94. The van der Waals surface area contributed by atoms with Gasteiger partial charge in [0.05, 0.1) is 6.26 Å². The highest BCUT2D eigenvalue weighted by Crippen LogP contribution is 2.20. The van der Waals surface area contributed by atoms with Crippen LogP contribution in [0.25, 0.3) is 11.5 Å². The Morgan fingerprint density at radius 3 is 2.60 bits per heavy atom. The van der Waals surface area contributed by atoms with E-state index in [0.717, 1.165) is 25.9 Å². The van der Waals surface area contributed by atoms with E-state index in [1.54, 1.807) is 24.1 Å². The van der Waals surface area contributed by atoms with Crippen molar-refractivity contribution in [2.24, 2.45) is 7.05 Å². The van der Waals surface area contributed by atoms with Gasteiger partial charge in [0.2, 0.25) is 0 Å². The number of carbonyl (C=O) groups excluding carboxylic acids is 1. The van der Waals surface area contributed by atoms with Gasteiger partial charge in [0, 0.05) is 26.2 Å². The van der Waals surface area contributed by atoms with E-state index >= 15 is 0 Å². The fourth-order valence-electron chi connectivity index (χ4n) is 2.23. The number of aryl methyl sites for hydroxylation is 1. The molecular formula is C15H21N3O2. The maximum atomic E-state index is 12.6. The van der Waals surface area contributed by atoms with Crippen LogP contribution in [0.4, 0.5) is 0 Å². The molecule has 0 atom stereocenters. The van der Waals surface area contributed by atoms with Gasteiger partial charge in [-0.1, -0.05) is 13.8 Å². The van der Waals surface area contributed by atoms with E-state index in [2.05, 4.69) is 18.9 Å². The molecule has 0 aromatic carbocycles. The minimum absolute atomic E-state index is 0.0292. The van der Waals surface area contributed by atoms with Crippen molar-refractivity contribution in [2.75, 3.05) is 13.1 Å². The lowest BCUT2D eigenvalue weighted by Gasteiger charge is -2.21. The smallest absolute Gasteiger partial charge is 0.272 e. The van der Waals surface area contributed by atoms with Crippen LogP contribution in [0.15, 0.2) is 28.9 Å². The third-order valence-electron chi connectivity index (χ3n) is 3.15. The van der Waals surface area contributed by atoms with Crippen molar-refractivity contribution in [2.45, 2.75) is 26.7 Å². The molecule has 2 aromatic rings. The molecule has 0 unspecified atom stereocenters. The predicted molar refractivity (Wildman–Crippen MR) is 77.4 cm³/mol. The van der Waals surface area contributed by atoms with E-state index in [9.17, 15) is 4.79 Å². The van der Waals surface area contributed by atoms with Gasteiger partial charge in [-0.25, -0.2) is 0 Å². The summed E-state index contributed by atoms with van der Waals surface area (Å²) in [5.41, 5.74) is 1.28. The zero-order chi connectivity index (χ0) is 14.5. The lowest BCUT2D eigenvalue weighted by molar-refractivity contribution is 0.0744. The second-order valence-corrected chi connectivity index (χ2v) is 4.81. The van der Waals surface area contributed by atoms with E-state index in [4.69, 9.17) is 4.42 Å². The highest BCUT2D eigenvalue weighted by atomic mass is 16.3. The van der Waals surface area contributed by atoms with Crippen molar-refractivity contribution >= 4 is 5.91 Å². The molecule has 5 nitrogen and oxygen atoms in total. The van der Waals surface area contributed by atoms with Crippen LogP contribution >= 0.6 is 0 Å². The van der Waals surface area contributed by atoms with Gasteiger partial charge in [-0.05, 0) is 25.0 Å². The summed E-state index contributed by atoms with van der Waals surface area (Å²) in [5.74, 6) is 0.707. The molecule has 2 aromatic heterocycles. The van der Waals surface area contributed by atoms with Gasteiger partial charge in [-0.15, -0.1) is 0 Å². The third kappa shape index (κ3) is 2.92. The topological polar surface area (TPSA) is 51.3 Å². The van der Waals surface area contributed by atoms with Gasteiger partial charge in [-0.2, -0.15) is 5.10 Å². The van der Waals surface area contributed by atoms with Crippen LogP contribution in [-0.4, -0.2) is 33.7 Å². The fraction of sp³-hybridized carbons (Fsp3) is 0.467. The van der Waals surface area contributed by atoms with Crippen molar-refractivity contribution in [1.82, 2.24) is 14.7 Å². The molecule has 0 saturated heterocycles. The molecule has 0 spiro atoms. The Kier molecular flexibility index (Phi) is 4.61. The molecule has 0 N–H and O–H groups in total. The first-order valence-corrected chi connectivity index (χ1v) is 7.04. The quantitative estimate of drug-likeness (QED) is 0.814. The zero-order valence-electron chi connectivity index (χ0n) is 12.3. The number of amides is 1. The Hall–Kier alpha value is -2.04. The number of carbonyl (C=O) groups is 1. The molecule has 0 aliphatic carbocycles. The van der Waals surface area contributed by atoms with Gasteiger partial charge in [-0.3, -0.25) is 9.48 Å². The van der Waals surface area contributed by atoms with Gasteiger partial charge >= 0.3 is 0 Å². The molecule has 5 heteroatoms. The number of hydrogen-bond acceptors (Lipinski definition) is 3. The molecule has 2 heterocycles. The van der Waals surface area contributed by atoms with Crippen molar-refractivity contribution in [3.63, 3.8) is 0 Å².